The second-order valence-electron chi connectivity index (χ2n) is 12.2. The second-order valence-corrected chi connectivity index (χ2v) is 17.2. The molecule has 0 saturated heterocycles. The maximum absolute atomic E-state index is 14.4. The second kappa shape index (κ2) is 19.6. The van der Waals surface area contributed by atoms with Crippen molar-refractivity contribution in [2.45, 2.75) is 49.4 Å². The summed E-state index contributed by atoms with van der Waals surface area (Å²) in [5.74, 6) is -2.89. The lowest BCUT2D eigenvalue weighted by Gasteiger charge is -2.39. The summed E-state index contributed by atoms with van der Waals surface area (Å²) < 4.78 is 190. The van der Waals surface area contributed by atoms with Crippen LogP contribution in [0.3, 0.4) is 0 Å². The van der Waals surface area contributed by atoms with Crippen LogP contribution in [0.2, 0.25) is 20.1 Å². The molecule has 4 rings (SSSR count). The van der Waals surface area contributed by atoms with Gasteiger partial charge in [-0.2, -0.15) is 52.7 Å². The highest BCUT2D eigenvalue weighted by Crippen LogP contribution is 2.60. The molecule has 340 valence electrons. The predicted octanol–water partition coefficient (Wildman–Crippen LogP) is 15.7. The van der Waals surface area contributed by atoms with Gasteiger partial charge in [-0.3, -0.25) is 9.59 Å². The SMILES string of the molecule is COc1c(Br)cc(C(c2cc(Br)c(OC(C)=O)c(Br)c2)(C(F)(F)F)C(F)(F)F)cc1Br.COc1c(Cl)cc(C(c2cc(Cl)c(OC(C)=O)c(Cl)c2)(C(F)(F)F)C(F)(F)F)cc1Cl. The molecule has 0 heterocycles. The Morgan fingerprint density at radius 1 is 0.419 bits per heavy atom. The first-order valence-electron chi connectivity index (χ1n) is 15.8. The van der Waals surface area contributed by atoms with Crippen molar-refractivity contribution >= 4 is 122 Å². The highest BCUT2D eigenvalue weighted by Gasteiger charge is 2.74. The summed E-state index contributed by atoms with van der Waals surface area (Å²) >= 11 is 35.0. The Bertz CT molecular complexity index is 2090. The van der Waals surface area contributed by atoms with Gasteiger partial charge in [0.25, 0.3) is 0 Å². The van der Waals surface area contributed by atoms with E-state index in [1.165, 1.54) is 7.11 Å². The number of halogens is 20. The zero-order valence-corrected chi connectivity index (χ0v) is 40.0. The van der Waals surface area contributed by atoms with E-state index in [9.17, 15) is 62.3 Å². The van der Waals surface area contributed by atoms with Crippen molar-refractivity contribution in [3.05, 3.63) is 109 Å². The van der Waals surface area contributed by atoms with Crippen LogP contribution in [-0.4, -0.2) is 50.9 Å². The smallest absolute Gasteiger partial charge is 0.411 e. The van der Waals surface area contributed by atoms with E-state index in [0.717, 1.165) is 21.0 Å². The lowest BCUT2D eigenvalue weighted by atomic mass is 9.73. The molecule has 0 spiro atoms. The van der Waals surface area contributed by atoms with Crippen LogP contribution in [0.4, 0.5) is 52.7 Å². The molecule has 0 aliphatic carbocycles. The number of esters is 2. The lowest BCUT2D eigenvalue weighted by molar-refractivity contribution is -0.290. The molecule has 0 radical (unpaired) electrons. The monoisotopic (exact) mass is 1230 g/mol. The maximum Gasteiger partial charge on any atom is 0.411 e. The fraction of sp³-hybridized carbons (Fsp3) is 0.278. The van der Waals surface area contributed by atoms with Crippen LogP contribution >= 0.6 is 110 Å². The van der Waals surface area contributed by atoms with Gasteiger partial charge in [-0.15, -0.1) is 0 Å². The summed E-state index contributed by atoms with van der Waals surface area (Å²) in [4.78, 5) is 22.4. The third kappa shape index (κ3) is 10.4. The number of methoxy groups -OCH3 is 2. The lowest BCUT2D eigenvalue weighted by Crippen LogP contribution is -2.54. The first-order valence-corrected chi connectivity index (χ1v) is 20.5. The van der Waals surface area contributed by atoms with Gasteiger partial charge in [0.15, 0.2) is 17.2 Å². The molecule has 4 aromatic rings. The normalized spacial score (nSPS) is 12.6. The van der Waals surface area contributed by atoms with Crippen molar-refractivity contribution in [1.82, 2.24) is 0 Å². The maximum atomic E-state index is 14.4. The third-order valence-corrected chi connectivity index (χ3v) is 11.8. The molecular formula is C36H20Br4Cl4F12O6. The van der Waals surface area contributed by atoms with Crippen molar-refractivity contribution < 1.29 is 81.2 Å². The predicted molar refractivity (Wildman–Crippen MR) is 218 cm³/mol. The standard InChI is InChI=1S/C18H10Br4F6O3.C18H10Cl4F6O3/c2*1-7(29)31-15-12(21)5-9(6-13(15)22)16(17(23,24)25,18(26,27)28)8-3-10(19)14(30-2)11(20)4-8/h2*3-6H,1-2H3. The fourth-order valence-electron chi connectivity index (χ4n) is 5.94. The van der Waals surface area contributed by atoms with E-state index in [1.807, 2.05) is 0 Å². The van der Waals surface area contributed by atoms with Gasteiger partial charge in [0.1, 0.15) is 5.75 Å². The van der Waals surface area contributed by atoms with E-state index < -0.39 is 95.6 Å². The van der Waals surface area contributed by atoms with E-state index >= 15 is 0 Å². The van der Waals surface area contributed by atoms with E-state index in [4.69, 9.17) is 60.6 Å². The average molecular weight is 1240 g/mol. The Morgan fingerprint density at radius 3 is 0.887 bits per heavy atom. The van der Waals surface area contributed by atoms with Gasteiger partial charge in [0.2, 0.25) is 10.8 Å². The molecule has 62 heavy (non-hydrogen) atoms. The molecule has 0 bridgehead atoms. The van der Waals surface area contributed by atoms with Crippen molar-refractivity contribution in [3.8, 4) is 23.0 Å². The Kier molecular flexibility index (Phi) is 17.1. The molecular weight excluding hydrogens is 1220 g/mol. The summed E-state index contributed by atoms with van der Waals surface area (Å²) in [7, 11) is 2.30. The first kappa shape index (κ1) is 54.0. The van der Waals surface area contributed by atoms with Crippen molar-refractivity contribution in [1.29, 1.82) is 0 Å². The van der Waals surface area contributed by atoms with E-state index in [0.29, 0.717) is 48.5 Å². The average Bonchev–Trinajstić information content (AvgIpc) is 3.06. The van der Waals surface area contributed by atoms with Gasteiger partial charge in [0.05, 0.1) is 52.2 Å². The molecule has 0 atom stereocenters. The Labute approximate surface area is 395 Å². The molecule has 0 aliphatic heterocycles. The number of benzene rings is 4. The summed E-state index contributed by atoms with van der Waals surface area (Å²) in [6, 6.07) is 4.24. The van der Waals surface area contributed by atoms with Gasteiger partial charge >= 0.3 is 36.6 Å². The largest absolute Gasteiger partial charge is 0.494 e. The Morgan fingerprint density at radius 2 is 0.645 bits per heavy atom. The fourth-order valence-corrected chi connectivity index (χ4v) is 10.0. The van der Waals surface area contributed by atoms with Gasteiger partial charge < -0.3 is 18.9 Å². The number of alkyl halides is 12. The number of rotatable bonds is 8. The minimum atomic E-state index is -5.96. The van der Waals surface area contributed by atoms with E-state index in [-0.39, 0.29) is 35.1 Å². The summed E-state index contributed by atoms with van der Waals surface area (Å²) in [5, 5.41) is -2.67. The number of carbonyl (C=O) groups excluding carboxylic acids is 2. The zero-order valence-electron chi connectivity index (χ0n) is 30.6. The summed E-state index contributed by atoms with van der Waals surface area (Å²) in [6.07, 6.45) is -23.5. The van der Waals surface area contributed by atoms with E-state index in [1.54, 1.807) is 0 Å². The molecule has 4 aromatic carbocycles. The quantitative estimate of drug-likeness (QED) is 0.0995. The van der Waals surface area contributed by atoms with Crippen molar-refractivity contribution in [2.24, 2.45) is 0 Å². The molecule has 0 aromatic heterocycles. The first-order chi connectivity index (χ1) is 28.1. The van der Waals surface area contributed by atoms with Gasteiger partial charge in [-0.05, 0) is 135 Å². The molecule has 0 saturated carbocycles. The molecule has 0 fully saturated rings. The molecule has 0 N–H and O–H groups in total. The number of carbonyl (C=O) groups is 2. The summed E-state index contributed by atoms with van der Waals surface area (Å²) in [5.41, 5.74) is -14.1. The van der Waals surface area contributed by atoms with Gasteiger partial charge in [-0.25, -0.2) is 0 Å². The molecule has 0 aliphatic rings. The minimum absolute atomic E-state index is 0.0227. The molecule has 6 nitrogen and oxygen atoms in total. The molecule has 0 unspecified atom stereocenters. The number of hydrogen-bond donors (Lipinski definition) is 0. The van der Waals surface area contributed by atoms with Crippen LogP contribution < -0.4 is 18.9 Å². The van der Waals surface area contributed by atoms with Crippen LogP contribution in [0.1, 0.15) is 36.1 Å². The van der Waals surface area contributed by atoms with Crippen molar-refractivity contribution in [2.75, 3.05) is 14.2 Å². The van der Waals surface area contributed by atoms with E-state index in [2.05, 4.69) is 68.5 Å². The molecule has 26 heteroatoms. The van der Waals surface area contributed by atoms with Crippen LogP contribution in [-0.2, 0) is 20.4 Å². The summed E-state index contributed by atoms with van der Waals surface area (Å²) in [6.45, 7) is 1.98. The van der Waals surface area contributed by atoms with Crippen LogP contribution in [0.25, 0.3) is 0 Å². The highest BCUT2D eigenvalue weighted by atomic mass is 79.9. The van der Waals surface area contributed by atoms with Crippen molar-refractivity contribution in [3.63, 3.8) is 0 Å². The van der Waals surface area contributed by atoms with Crippen LogP contribution in [0.15, 0.2) is 66.4 Å². The topological polar surface area (TPSA) is 71.1 Å². The van der Waals surface area contributed by atoms with Gasteiger partial charge in [0, 0.05) is 13.8 Å². The Hall–Kier alpha value is -2.34. The van der Waals surface area contributed by atoms with Gasteiger partial charge in [-0.1, -0.05) is 46.4 Å². The molecule has 0 amide bonds. The van der Waals surface area contributed by atoms with Crippen LogP contribution in [0.5, 0.6) is 23.0 Å². The van der Waals surface area contributed by atoms with Crippen LogP contribution in [0, 0.1) is 0 Å². The minimum Gasteiger partial charge on any atom is -0.494 e. The number of ether oxygens (including phenoxy) is 4. The third-order valence-electron chi connectivity index (χ3n) is 8.33. The number of hydrogen-bond acceptors (Lipinski definition) is 6. The highest BCUT2D eigenvalue weighted by molar-refractivity contribution is 9.11. The zero-order chi connectivity index (χ0) is 47.9. The Balaban J connectivity index is 0.000000330.